The van der Waals surface area contributed by atoms with Gasteiger partial charge in [-0.1, -0.05) is 12.1 Å². The van der Waals surface area contributed by atoms with Crippen molar-refractivity contribution in [2.24, 2.45) is 0 Å². The molecule has 1 N–H and O–H groups in total. The van der Waals surface area contributed by atoms with Gasteiger partial charge in [0.1, 0.15) is 18.1 Å². The van der Waals surface area contributed by atoms with Crippen molar-refractivity contribution in [3.63, 3.8) is 0 Å². The van der Waals surface area contributed by atoms with Gasteiger partial charge >= 0.3 is 0 Å². The van der Waals surface area contributed by atoms with Gasteiger partial charge < -0.3 is 29.4 Å². The van der Waals surface area contributed by atoms with Gasteiger partial charge in [-0.2, -0.15) is 0 Å². The van der Waals surface area contributed by atoms with Crippen molar-refractivity contribution in [1.82, 2.24) is 9.80 Å². The predicted octanol–water partition coefficient (Wildman–Crippen LogP) is 2.95. The Morgan fingerprint density at radius 1 is 1.09 bits per heavy atom. The number of anilines is 2. The van der Waals surface area contributed by atoms with Crippen molar-refractivity contribution in [1.29, 1.82) is 0 Å². The summed E-state index contributed by atoms with van der Waals surface area (Å²) in [5.74, 6) is -0.668. The van der Waals surface area contributed by atoms with Crippen LogP contribution < -0.4 is 14.5 Å². The Labute approximate surface area is 207 Å². The molecule has 186 valence electrons. The highest BCUT2D eigenvalue weighted by Gasteiger charge is 2.45. The lowest BCUT2D eigenvalue weighted by molar-refractivity contribution is -0.139. The fourth-order valence-electron chi connectivity index (χ4n) is 4.62. The van der Waals surface area contributed by atoms with Crippen molar-refractivity contribution in [3.05, 3.63) is 59.2 Å². The molecule has 0 radical (unpaired) electrons. The predicted molar refractivity (Wildman–Crippen MR) is 138 cm³/mol. The SMILES string of the molecule is CN(C)CCCN1C(=O)C(=O)/C(=C(\O)c2ccc3c(c2)N(C)CCO3)C1c1ccc(N(C)C)cc1. The van der Waals surface area contributed by atoms with Crippen LogP contribution in [0.3, 0.4) is 0 Å². The molecule has 8 heteroatoms. The second-order valence-electron chi connectivity index (χ2n) is 9.59. The van der Waals surface area contributed by atoms with E-state index in [-0.39, 0.29) is 11.3 Å². The minimum atomic E-state index is -0.656. The first-order valence-corrected chi connectivity index (χ1v) is 11.9. The normalized spacial score (nSPS) is 19.2. The van der Waals surface area contributed by atoms with Crippen LogP contribution in [0.25, 0.3) is 5.76 Å². The van der Waals surface area contributed by atoms with Crippen LogP contribution in [0.4, 0.5) is 11.4 Å². The highest BCUT2D eigenvalue weighted by molar-refractivity contribution is 6.46. The Morgan fingerprint density at radius 2 is 1.80 bits per heavy atom. The first kappa shape index (κ1) is 24.6. The largest absolute Gasteiger partial charge is 0.507 e. The molecule has 2 aliphatic rings. The first-order valence-electron chi connectivity index (χ1n) is 11.9. The standard InChI is InChI=1S/C27H34N4O4/c1-28(2)13-6-14-31-24(18-7-10-20(11-8-18)29(3)4)23(26(33)27(31)34)25(32)19-9-12-22-21(17-19)30(5)15-16-35-22/h7-12,17,24,32H,6,13-16H2,1-5H3/b25-23-. The Balaban J connectivity index is 1.79. The Bertz CT molecular complexity index is 1140. The van der Waals surface area contributed by atoms with Gasteiger partial charge in [0.15, 0.2) is 0 Å². The summed E-state index contributed by atoms with van der Waals surface area (Å²) in [5, 5.41) is 11.4. The molecule has 2 aromatic rings. The average molecular weight is 479 g/mol. The zero-order valence-electron chi connectivity index (χ0n) is 21.1. The van der Waals surface area contributed by atoms with Crippen LogP contribution in [0.2, 0.25) is 0 Å². The second-order valence-corrected chi connectivity index (χ2v) is 9.59. The number of likely N-dealkylation sites (tertiary alicyclic amines) is 1. The van der Waals surface area contributed by atoms with Crippen molar-refractivity contribution < 1.29 is 19.4 Å². The number of nitrogens with zero attached hydrogens (tertiary/aromatic N) is 4. The molecule has 0 aliphatic carbocycles. The quantitative estimate of drug-likeness (QED) is 0.373. The van der Waals surface area contributed by atoms with Crippen LogP contribution in [0, 0.1) is 0 Å². The molecular formula is C27H34N4O4. The summed E-state index contributed by atoms with van der Waals surface area (Å²) >= 11 is 0. The summed E-state index contributed by atoms with van der Waals surface area (Å²) in [6, 6.07) is 12.5. The van der Waals surface area contributed by atoms with E-state index in [2.05, 4.69) is 0 Å². The fourth-order valence-corrected chi connectivity index (χ4v) is 4.62. The van der Waals surface area contributed by atoms with Crippen LogP contribution in [-0.4, -0.2) is 88.1 Å². The maximum atomic E-state index is 13.3. The van der Waals surface area contributed by atoms with Gasteiger partial charge in [-0.05, 0) is 63.0 Å². The molecule has 0 aromatic heterocycles. The topological polar surface area (TPSA) is 76.6 Å². The molecule has 0 saturated carbocycles. The van der Waals surface area contributed by atoms with Crippen LogP contribution in [0.15, 0.2) is 48.0 Å². The lowest BCUT2D eigenvalue weighted by Crippen LogP contribution is -2.32. The molecule has 8 nitrogen and oxygen atoms in total. The maximum Gasteiger partial charge on any atom is 0.295 e. The maximum absolute atomic E-state index is 13.3. The minimum Gasteiger partial charge on any atom is -0.507 e. The summed E-state index contributed by atoms with van der Waals surface area (Å²) in [7, 11) is 9.82. The zero-order chi connectivity index (χ0) is 25.3. The lowest BCUT2D eigenvalue weighted by Gasteiger charge is -2.28. The van der Waals surface area contributed by atoms with Gasteiger partial charge in [-0.15, -0.1) is 0 Å². The third kappa shape index (κ3) is 4.84. The van der Waals surface area contributed by atoms with E-state index in [1.54, 1.807) is 17.0 Å². The number of rotatable bonds is 7. The monoisotopic (exact) mass is 478 g/mol. The fraction of sp³-hybridized carbons (Fsp3) is 0.407. The number of ketones is 1. The third-order valence-electron chi connectivity index (χ3n) is 6.60. The van der Waals surface area contributed by atoms with Crippen LogP contribution in [0.5, 0.6) is 5.75 Å². The number of benzene rings is 2. The van der Waals surface area contributed by atoms with E-state index in [0.717, 1.165) is 35.8 Å². The van der Waals surface area contributed by atoms with E-state index in [9.17, 15) is 14.7 Å². The highest BCUT2D eigenvalue weighted by atomic mass is 16.5. The molecule has 0 bridgehead atoms. The summed E-state index contributed by atoms with van der Waals surface area (Å²) in [6.07, 6.45) is 0.716. The number of fused-ring (bicyclic) bond motifs is 1. The molecular weight excluding hydrogens is 444 g/mol. The Morgan fingerprint density at radius 3 is 2.46 bits per heavy atom. The number of hydrogen-bond donors (Lipinski definition) is 1. The molecule has 2 aliphatic heterocycles. The van der Waals surface area contributed by atoms with E-state index >= 15 is 0 Å². The molecule has 35 heavy (non-hydrogen) atoms. The summed E-state index contributed by atoms with van der Waals surface area (Å²) in [6.45, 7) is 2.52. The number of amides is 1. The second kappa shape index (κ2) is 10.00. The van der Waals surface area contributed by atoms with Crippen LogP contribution >= 0.6 is 0 Å². The van der Waals surface area contributed by atoms with E-state index in [1.807, 2.05) is 80.3 Å². The van der Waals surface area contributed by atoms with E-state index in [1.165, 1.54) is 0 Å². The van der Waals surface area contributed by atoms with E-state index in [0.29, 0.717) is 25.1 Å². The number of aliphatic hydroxyl groups excluding tert-OH is 1. The minimum absolute atomic E-state index is 0.122. The van der Waals surface area contributed by atoms with E-state index < -0.39 is 17.7 Å². The molecule has 1 saturated heterocycles. The molecule has 2 heterocycles. The van der Waals surface area contributed by atoms with Crippen molar-refractivity contribution >= 4 is 28.8 Å². The van der Waals surface area contributed by atoms with Crippen molar-refractivity contribution in [2.75, 3.05) is 71.3 Å². The molecule has 1 amide bonds. The van der Waals surface area contributed by atoms with E-state index in [4.69, 9.17) is 4.74 Å². The number of Topliss-reactive ketones (excluding diaryl/α,β-unsaturated/α-hetero) is 1. The van der Waals surface area contributed by atoms with Crippen molar-refractivity contribution in [3.8, 4) is 5.75 Å². The molecule has 0 spiro atoms. The Kier molecular flexibility index (Phi) is 7.03. The number of carbonyl (C=O) groups excluding carboxylic acids is 2. The van der Waals surface area contributed by atoms with Crippen LogP contribution in [0.1, 0.15) is 23.6 Å². The Hall–Kier alpha value is -3.52. The van der Waals surface area contributed by atoms with Gasteiger partial charge in [0.05, 0.1) is 23.8 Å². The van der Waals surface area contributed by atoms with Crippen molar-refractivity contribution in [2.45, 2.75) is 12.5 Å². The smallest absolute Gasteiger partial charge is 0.295 e. The summed E-state index contributed by atoms with van der Waals surface area (Å²) in [4.78, 5) is 34.1. The summed E-state index contributed by atoms with van der Waals surface area (Å²) in [5.41, 5.74) is 3.25. The average Bonchev–Trinajstić information content (AvgIpc) is 3.08. The third-order valence-corrected chi connectivity index (χ3v) is 6.60. The van der Waals surface area contributed by atoms with Gasteiger partial charge in [-0.3, -0.25) is 9.59 Å². The number of ether oxygens (including phenoxy) is 1. The molecule has 1 fully saturated rings. The molecule has 1 unspecified atom stereocenters. The highest BCUT2D eigenvalue weighted by Crippen LogP contribution is 2.41. The van der Waals surface area contributed by atoms with Gasteiger partial charge in [-0.25, -0.2) is 0 Å². The van der Waals surface area contributed by atoms with Crippen LogP contribution in [-0.2, 0) is 9.59 Å². The number of aliphatic hydroxyl groups is 1. The number of hydrogen-bond acceptors (Lipinski definition) is 7. The molecule has 2 aromatic carbocycles. The van der Waals surface area contributed by atoms with Gasteiger partial charge in [0, 0.05) is 38.9 Å². The molecule has 4 rings (SSSR count). The first-order chi connectivity index (χ1) is 16.7. The number of carbonyl (C=O) groups is 2. The number of likely N-dealkylation sites (N-methyl/N-ethyl adjacent to an activating group) is 1. The lowest BCUT2D eigenvalue weighted by atomic mass is 9.94. The zero-order valence-corrected chi connectivity index (χ0v) is 21.1. The van der Waals surface area contributed by atoms with Gasteiger partial charge in [0.25, 0.3) is 11.7 Å². The molecule has 1 atom stereocenters. The summed E-state index contributed by atoms with van der Waals surface area (Å²) < 4.78 is 5.72. The van der Waals surface area contributed by atoms with Gasteiger partial charge in [0.2, 0.25) is 0 Å².